The highest BCUT2D eigenvalue weighted by Gasteiger charge is 2.47. The minimum Gasteiger partial charge on any atom is -0.494 e. The van der Waals surface area contributed by atoms with Crippen molar-refractivity contribution in [3.8, 4) is 28.5 Å². The van der Waals surface area contributed by atoms with Crippen molar-refractivity contribution >= 4 is 28.0 Å². The van der Waals surface area contributed by atoms with Gasteiger partial charge in [-0.1, -0.05) is 0 Å². The number of ether oxygens (including phenoxy) is 1. The normalized spacial score (nSPS) is 21.2. The van der Waals surface area contributed by atoms with E-state index in [1.54, 1.807) is 24.8 Å². The van der Waals surface area contributed by atoms with Crippen LogP contribution in [0.5, 0.6) is 5.75 Å². The lowest BCUT2D eigenvalue weighted by molar-refractivity contribution is 0.0700. The molecule has 1 amide bonds. The lowest BCUT2D eigenvalue weighted by Gasteiger charge is -2.27. The van der Waals surface area contributed by atoms with Gasteiger partial charge in [0.15, 0.2) is 5.82 Å². The first-order valence-electron chi connectivity index (χ1n) is 15.5. The fourth-order valence-electron chi connectivity index (χ4n) is 7.46. The summed E-state index contributed by atoms with van der Waals surface area (Å²) in [5, 5.41) is 1.03. The second kappa shape index (κ2) is 9.79. The molecule has 1 aliphatic heterocycles. The quantitative estimate of drug-likeness (QED) is 0.316. The molecular weight excluding hydrogens is 554 g/mol. The van der Waals surface area contributed by atoms with Crippen LogP contribution < -0.4 is 16.0 Å². The Kier molecular flexibility index (Phi) is 6.03. The number of carbonyl (C=O) groups is 1. The molecule has 2 N–H and O–H groups in total. The van der Waals surface area contributed by atoms with Crippen LogP contribution in [-0.4, -0.2) is 60.2 Å². The number of benzene rings is 1. The standard InChI is InChI=1S/C34H37N7O3/c1-18-11-29(42)38(2)17-23(18)24-9-7-20-13-27(40(32(20)36-24)15-19-5-6-19)33-37-25-12-22(14-28(44-4)31(25)39(33)3)34(43)41-16-21-8-10-26(41)30(21)35/h7,9,11-14,17,19,21,26,30H,5-6,8,10,15-16,35H2,1-4H3. The highest BCUT2D eigenvalue weighted by Crippen LogP contribution is 2.40. The van der Waals surface area contributed by atoms with Crippen LogP contribution in [0.3, 0.4) is 0 Å². The summed E-state index contributed by atoms with van der Waals surface area (Å²) in [6.07, 6.45) is 6.31. The fourth-order valence-corrected chi connectivity index (χ4v) is 7.46. The number of carbonyl (C=O) groups excluding carboxylic acids is 1. The molecule has 2 saturated carbocycles. The maximum atomic E-state index is 13.7. The zero-order valence-electron chi connectivity index (χ0n) is 25.6. The number of hydrogen-bond acceptors (Lipinski definition) is 6. The lowest BCUT2D eigenvalue weighted by atomic mass is 10.1. The van der Waals surface area contributed by atoms with Gasteiger partial charge in [0.1, 0.15) is 16.9 Å². The predicted octanol–water partition coefficient (Wildman–Crippen LogP) is 4.24. The van der Waals surface area contributed by atoms with Crippen molar-refractivity contribution in [1.29, 1.82) is 0 Å². The van der Waals surface area contributed by atoms with E-state index in [1.165, 1.54) is 12.8 Å². The van der Waals surface area contributed by atoms with Crippen molar-refractivity contribution in [2.45, 2.75) is 51.2 Å². The fraction of sp³-hybridized carbons (Fsp3) is 0.412. The summed E-state index contributed by atoms with van der Waals surface area (Å²) in [6, 6.07) is 11.8. The van der Waals surface area contributed by atoms with Crippen molar-refractivity contribution < 1.29 is 9.53 Å². The molecule has 2 aliphatic carbocycles. The van der Waals surface area contributed by atoms with E-state index in [0.717, 1.165) is 69.8 Å². The summed E-state index contributed by atoms with van der Waals surface area (Å²) in [5.74, 6) is 2.40. The molecule has 2 bridgehead atoms. The molecule has 0 radical (unpaired) electrons. The number of aromatic nitrogens is 5. The van der Waals surface area contributed by atoms with Crippen LogP contribution in [0.25, 0.3) is 44.8 Å². The molecule has 44 heavy (non-hydrogen) atoms. The highest BCUT2D eigenvalue weighted by molar-refractivity contribution is 6.00. The first-order chi connectivity index (χ1) is 21.2. The number of pyridine rings is 2. The summed E-state index contributed by atoms with van der Waals surface area (Å²) < 4.78 is 11.8. The first kappa shape index (κ1) is 27.1. The molecule has 3 aliphatic rings. The minimum atomic E-state index is -0.0369. The van der Waals surface area contributed by atoms with Gasteiger partial charge in [0.2, 0.25) is 0 Å². The van der Waals surface area contributed by atoms with Gasteiger partial charge in [-0.15, -0.1) is 0 Å². The van der Waals surface area contributed by atoms with Crippen LogP contribution in [0.4, 0.5) is 0 Å². The van der Waals surface area contributed by atoms with Crippen molar-refractivity contribution in [2.24, 2.45) is 31.7 Å². The van der Waals surface area contributed by atoms with Gasteiger partial charge in [-0.2, -0.15) is 0 Å². The topological polar surface area (TPSA) is 113 Å². The average molecular weight is 592 g/mol. The van der Waals surface area contributed by atoms with Crippen LogP contribution in [0.2, 0.25) is 0 Å². The number of fused-ring (bicyclic) bond motifs is 4. The maximum absolute atomic E-state index is 13.7. The Bertz CT molecular complexity index is 2050. The predicted molar refractivity (Wildman–Crippen MR) is 170 cm³/mol. The van der Waals surface area contributed by atoms with E-state index < -0.39 is 0 Å². The van der Waals surface area contributed by atoms with Crippen LogP contribution in [0.1, 0.15) is 41.6 Å². The molecule has 5 aromatic rings. The zero-order chi connectivity index (χ0) is 30.4. The van der Waals surface area contributed by atoms with Gasteiger partial charge in [0.25, 0.3) is 11.5 Å². The molecule has 10 heteroatoms. The Morgan fingerprint density at radius 2 is 1.89 bits per heavy atom. The summed E-state index contributed by atoms with van der Waals surface area (Å²) in [6.45, 7) is 3.52. The molecule has 226 valence electrons. The molecule has 1 saturated heterocycles. The molecule has 0 spiro atoms. The molecule has 1 aromatic carbocycles. The highest BCUT2D eigenvalue weighted by atomic mass is 16.5. The Morgan fingerprint density at radius 1 is 1.07 bits per heavy atom. The summed E-state index contributed by atoms with van der Waals surface area (Å²) in [7, 11) is 5.40. The first-order valence-corrected chi connectivity index (χ1v) is 15.5. The Hall–Kier alpha value is -4.44. The van der Waals surface area contributed by atoms with E-state index in [4.69, 9.17) is 20.4 Å². The van der Waals surface area contributed by atoms with Crippen molar-refractivity contribution in [3.63, 3.8) is 0 Å². The number of imidazole rings is 1. The lowest BCUT2D eigenvalue weighted by Crippen LogP contribution is -2.41. The van der Waals surface area contributed by atoms with Gasteiger partial charge in [-0.25, -0.2) is 9.97 Å². The second-order valence-electron chi connectivity index (χ2n) is 13.0. The third-order valence-corrected chi connectivity index (χ3v) is 10.1. The molecule has 3 fully saturated rings. The average Bonchev–Trinajstić information content (AvgIpc) is 3.42. The van der Waals surface area contributed by atoms with E-state index >= 15 is 0 Å². The second-order valence-corrected chi connectivity index (χ2v) is 13.0. The van der Waals surface area contributed by atoms with Crippen molar-refractivity contribution in [3.05, 3.63) is 64.1 Å². The smallest absolute Gasteiger partial charge is 0.254 e. The number of rotatable bonds is 6. The van der Waals surface area contributed by atoms with Crippen LogP contribution >= 0.6 is 0 Å². The van der Waals surface area contributed by atoms with E-state index in [9.17, 15) is 9.59 Å². The zero-order valence-corrected chi connectivity index (χ0v) is 25.6. The van der Waals surface area contributed by atoms with Gasteiger partial charge < -0.3 is 29.1 Å². The Balaban J connectivity index is 1.25. The molecule has 3 atom stereocenters. The third kappa shape index (κ3) is 4.11. The van der Waals surface area contributed by atoms with E-state index in [0.29, 0.717) is 29.7 Å². The number of aryl methyl sites for hydroxylation is 3. The summed E-state index contributed by atoms with van der Waals surface area (Å²) >= 11 is 0. The number of hydrogen-bond donors (Lipinski definition) is 1. The number of likely N-dealkylation sites (tertiary alicyclic amines) is 1. The van der Waals surface area contributed by atoms with Gasteiger partial charge in [0, 0.05) is 68.0 Å². The third-order valence-electron chi connectivity index (χ3n) is 10.1. The number of nitrogens with two attached hydrogens (primary N) is 1. The molecular formula is C34H37N7O3. The SMILES string of the molecule is COc1cc(C(=O)N2CC3CCC2C3N)cc2nc(-c3cc4ccc(-c5cn(C)c(=O)cc5C)nc4n3CC3CC3)n(C)c12. The number of amides is 1. The number of piperidine rings is 1. The molecule has 8 rings (SSSR count). The van der Waals surface area contributed by atoms with Gasteiger partial charge in [-0.05, 0) is 80.3 Å². The Morgan fingerprint density at radius 3 is 2.59 bits per heavy atom. The molecule has 10 nitrogen and oxygen atoms in total. The molecule has 5 heterocycles. The van der Waals surface area contributed by atoms with Crippen LogP contribution in [-0.2, 0) is 20.6 Å². The van der Waals surface area contributed by atoms with Gasteiger partial charge >= 0.3 is 0 Å². The monoisotopic (exact) mass is 591 g/mol. The minimum absolute atomic E-state index is 0.00617. The Labute approximate surface area is 255 Å². The van der Waals surface area contributed by atoms with Crippen molar-refractivity contribution in [2.75, 3.05) is 13.7 Å². The number of methoxy groups -OCH3 is 1. The van der Waals surface area contributed by atoms with Crippen LogP contribution in [0.15, 0.2) is 47.4 Å². The van der Waals surface area contributed by atoms with Gasteiger partial charge in [-0.3, -0.25) is 9.59 Å². The largest absolute Gasteiger partial charge is 0.494 e. The number of nitrogens with zero attached hydrogens (tertiary/aromatic N) is 6. The summed E-state index contributed by atoms with van der Waals surface area (Å²) in [5.41, 5.74) is 13.1. The molecule has 4 aromatic heterocycles. The van der Waals surface area contributed by atoms with Gasteiger partial charge in [0.05, 0.1) is 24.0 Å². The summed E-state index contributed by atoms with van der Waals surface area (Å²) in [4.78, 5) is 38.1. The van der Waals surface area contributed by atoms with E-state index in [2.05, 4.69) is 21.3 Å². The van der Waals surface area contributed by atoms with Crippen molar-refractivity contribution in [1.82, 2.24) is 28.6 Å². The van der Waals surface area contributed by atoms with E-state index in [-0.39, 0.29) is 23.6 Å². The maximum Gasteiger partial charge on any atom is 0.254 e. The van der Waals surface area contributed by atoms with E-state index in [1.807, 2.05) is 43.3 Å². The molecule has 3 unspecified atom stereocenters. The van der Waals surface area contributed by atoms with Crippen LogP contribution in [0, 0.1) is 18.8 Å².